The highest BCUT2D eigenvalue weighted by atomic mass is 32.1. The van der Waals surface area contributed by atoms with Gasteiger partial charge in [0.25, 0.3) is 0 Å². The van der Waals surface area contributed by atoms with Crippen LogP contribution >= 0.6 is 11.3 Å². The summed E-state index contributed by atoms with van der Waals surface area (Å²) in [7, 11) is 0. The van der Waals surface area contributed by atoms with E-state index in [9.17, 15) is 0 Å². The normalized spacial score (nSPS) is 16.4. The van der Waals surface area contributed by atoms with Gasteiger partial charge in [-0.3, -0.25) is 4.90 Å². The van der Waals surface area contributed by atoms with E-state index in [-0.39, 0.29) is 0 Å². The SMILES string of the molecule is c1csc(-c2ccc(CCCN3CCOCC3)cc2)n1. The van der Waals surface area contributed by atoms with E-state index in [4.69, 9.17) is 4.74 Å². The van der Waals surface area contributed by atoms with E-state index in [0.717, 1.165) is 37.7 Å². The van der Waals surface area contributed by atoms with Crippen molar-refractivity contribution in [2.75, 3.05) is 32.8 Å². The van der Waals surface area contributed by atoms with Crippen LogP contribution in [0.4, 0.5) is 0 Å². The molecule has 0 aliphatic carbocycles. The van der Waals surface area contributed by atoms with E-state index in [0.29, 0.717) is 0 Å². The van der Waals surface area contributed by atoms with Crippen LogP contribution in [0.25, 0.3) is 10.6 Å². The molecule has 0 N–H and O–H groups in total. The maximum atomic E-state index is 5.37. The molecule has 106 valence electrons. The fourth-order valence-electron chi connectivity index (χ4n) is 2.51. The maximum Gasteiger partial charge on any atom is 0.123 e. The molecule has 1 aromatic carbocycles. The fraction of sp³-hybridized carbons (Fsp3) is 0.438. The average Bonchev–Trinajstić information content (AvgIpc) is 3.03. The second-order valence-electron chi connectivity index (χ2n) is 5.09. The predicted molar refractivity (Wildman–Crippen MR) is 83.1 cm³/mol. The largest absolute Gasteiger partial charge is 0.379 e. The number of benzene rings is 1. The van der Waals surface area contributed by atoms with Gasteiger partial charge < -0.3 is 4.74 Å². The first kappa shape index (κ1) is 13.7. The Morgan fingerprint density at radius 2 is 1.95 bits per heavy atom. The van der Waals surface area contributed by atoms with Gasteiger partial charge in [-0.05, 0) is 24.9 Å². The van der Waals surface area contributed by atoms with Gasteiger partial charge in [0.05, 0.1) is 13.2 Å². The molecule has 20 heavy (non-hydrogen) atoms. The molecule has 0 atom stereocenters. The molecule has 3 nitrogen and oxygen atoms in total. The first-order chi connectivity index (χ1) is 9.92. The topological polar surface area (TPSA) is 25.4 Å². The number of hydrogen-bond acceptors (Lipinski definition) is 4. The molecule has 1 aromatic heterocycles. The lowest BCUT2D eigenvalue weighted by molar-refractivity contribution is 0.0375. The van der Waals surface area contributed by atoms with Crippen molar-refractivity contribution in [3.63, 3.8) is 0 Å². The van der Waals surface area contributed by atoms with Gasteiger partial charge in [0, 0.05) is 30.2 Å². The molecule has 3 rings (SSSR count). The van der Waals surface area contributed by atoms with Crippen molar-refractivity contribution in [3.8, 4) is 10.6 Å². The summed E-state index contributed by atoms with van der Waals surface area (Å²) in [5.41, 5.74) is 2.63. The average molecular weight is 288 g/mol. The van der Waals surface area contributed by atoms with E-state index in [1.165, 1.54) is 24.1 Å². The molecule has 1 saturated heterocycles. The van der Waals surface area contributed by atoms with Gasteiger partial charge >= 0.3 is 0 Å². The third-order valence-corrected chi connectivity index (χ3v) is 4.50. The summed E-state index contributed by atoms with van der Waals surface area (Å²) in [4.78, 5) is 6.83. The second kappa shape index (κ2) is 6.97. The summed E-state index contributed by atoms with van der Waals surface area (Å²) < 4.78 is 5.37. The number of aromatic nitrogens is 1. The molecule has 1 aliphatic rings. The van der Waals surface area contributed by atoms with E-state index in [2.05, 4.69) is 34.1 Å². The molecule has 0 unspecified atom stereocenters. The Hall–Kier alpha value is -1.23. The highest BCUT2D eigenvalue weighted by molar-refractivity contribution is 7.13. The van der Waals surface area contributed by atoms with Crippen LogP contribution in [0.1, 0.15) is 12.0 Å². The van der Waals surface area contributed by atoms with E-state index >= 15 is 0 Å². The summed E-state index contributed by atoms with van der Waals surface area (Å²) in [5, 5.41) is 3.12. The molecule has 0 bridgehead atoms. The van der Waals surface area contributed by atoms with Crippen LogP contribution in [-0.4, -0.2) is 42.7 Å². The van der Waals surface area contributed by atoms with Crippen LogP contribution < -0.4 is 0 Å². The first-order valence-electron chi connectivity index (χ1n) is 7.21. The smallest absolute Gasteiger partial charge is 0.123 e. The van der Waals surface area contributed by atoms with Gasteiger partial charge in [0.2, 0.25) is 0 Å². The quantitative estimate of drug-likeness (QED) is 0.845. The first-order valence-corrected chi connectivity index (χ1v) is 8.09. The Bertz CT molecular complexity index is 504. The summed E-state index contributed by atoms with van der Waals surface area (Å²) in [6.07, 6.45) is 4.22. The van der Waals surface area contributed by atoms with E-state index in [1.54, 1.807) is 11.3 Å². The second-order valence-corrected chi connectivity index (χ2v) is 5.99. The number of thiazole rings is 1. The molecule has 0 saturated carbocycles. The van der Waals surface area contributed by atoms with Gasteiger partial charge in [-0.2, -0.15) is 0 Å². The van der Waals surface area contributed by atoms with Gasteiger partial charge in [0.1, 0.15) is 5.01 Å². The minimum atomic E-state index is 0.891. The predicted octanol–water partition coefficient (Wildman–Crippen LogP) is 3.07. The van der Waals surface area contributed by atoms with Crippen molar-refractivity contribution in [1.82, 2.24) is 9.88 Å². The zero-order chi connectivity index (χ0) is 13.6. The summed E-state index contributed by atoms with van der Waals surface area (Å²) >= 11 is 1.69. The number of aryl methyl sites for hydroxylation is 1. The van der Waals surface area contributed by atoms with Crippen molar-refractivity contribution in [1.29, 1.82) is 0 Å². The number of hydrogen-bond donors (Lipinski definition) is 0. The van der Waals surface area contributed by atoms with Gasteiger partial charge in [-0.15, -0.1) is 11.3 Å². The molecular weight excluding hydrogens is 268 g/mol. The molecule has 0 radical (unpaired) electrons. The van der Waals surface area contributed by atoms with Crippen molar-refractivity contribution in [2.24, 2.45) is 0 Å². The number of rotatable bonds is 5. The van der Waals surface area contributed by atoms with Gasteiger partial charge in [-0.25, -0.2) is 4.98 Å². The van der Waals surface area contributed by atoms with E-state index in [1.807, 2.05) is 11.6 Å². The third-order valence-electron chi connectivity index (χ3n) is 3.68. The molecule has 4 heteroatoms. The summed E-state index contributed by atoms with van der Waals surface area (Å²) in [5.74, 6) is 0. The number of morpholine rings is 1. The van der Waals surface area contributed by atoms with Crippen LogP contribution in [0.3, 0.4) is 0 Å². The van der Waals surface area contributed by atoms with Crippen LogP contribution in [0.15, 0.2) is 35.8 Å². The molecule has 1 aliphatic heterocycles. The monoisotopic (exact) mass is 288 g/mol. The highest BCUT2D eigenvalue weighted by Gasteiger charge is 2.09. The van der Waals surface area contributed by atoms with Crippen LogP contribution in [-0.2, 0) is 11.2 Å². The maximum absolute atomic E-state index is 5.37. The lowest BCUT2D eigenvalue weighted by Crippen LogP contribution is -2.36. The Morgan fingerprint density at radius 1 is 1.15 bits per heavy atom. The van der Waals surface area contributed by atoms with Crippen molar-refractivity contribution in [3.05, 3.63) is 41.4 Å². The Morgan fingerprint density at radius 3 is 2.65 bits per heavy atom. The Labute approximate surface area is 124 Å². The molecule has 0 spiro atoms. The lowest BCUT2D eigenvalue weighted by atomic mass is 10.1. The lowest BCUT2D eigenvalue weighted by Gasteiger charge is -2.26. The zero-order valence-corrected chi connectivity index (χ0v) is 12.4. The molecular formula is C16H20N2OS. The van der Waals surface area contributed by atoms with Crippen molar-refractivity contribution < 1.29 is 4.74 Å². The Balaban J connectivity index is 1.48. The van der Waals surface area contributed by atoms with Crippen molar-refractivity contribution in [2.45, 2.75) is 12.8 Å². The van der Waals surface area contributed by atoms with Gasteiger partial charge in [-0.1, -0.05) is 24.3 Å². The van der Waals surface area contributed by atoms with E-state index < -0.39 is 0 Å². The number of nitrogens with zero attached hydrogens (tertiary/aromatic N) is 2. The Kier molecular flexibility index (Phi) is 4.79. The standard InChI is InChI=1S/C16H20N2OS/c1(8-18-9-11-19-12-10-18)2-14-3-5-15(6-4-14)16-17-7-13-20-16/h3-7,13H,1-2,8-12H2. The minimum absolute atomic E-state index is 0.891. The molecule has 2 heterocycles. The minimum Gasteiger partial charge on any atom is -0.379 e. The van der Waals surface area contributed by atoms with Crippen molar-refractivity contribution >= 4 is 11.3 Å². The van der Waals surface area contributed by atoms with Crippen LogP contribution in [0, 0.1) is 0 Å². The van der Waals surface area contributed by atoms with Crippen LogP contribution in [0.2, 0.25) is 0 Å². The van der Waals surface area contributed by atoms with Crippen LogP contribution in [0.5, 0.6) is 0 Å². The summed E-state index contributed by atoms with van der Waals surface area (Å²) in [6.45, 7) is 5.13. The molecule has 1 fully saturated rings. The molecule has 0 amide bonds. The third kappa shape index (κ3) is 3.66. The molecule has 2 aromatic rings. The fourth-order valence-corrected chi connectivity index (χ4v) is 3.16. The highest BCUT2D eigenvalue weighted by Crippen LogP contribution is 2.22. The zero-order valence-electron chi connectivity index (χ0n) is 11.6. The number of ether oxygens (including phenoxy) is 1. The summed E-state index contributed by atoms with van der Waals surface area (Å²) in [6, 6.07) is 8.83. The van der Waals surface area contributed by atoms with Gasteiger partial charge in [0.15, 0.2) is 0 Å².